The quantitative estimate of drug-likeness (QED) is 0.532. The van der Waals surface area contributed by atoms with Crippen molar-refractivity contribution in [1.82, 2.24) is 19.8 Å². The molecule has 7 nitrogen and oxygen atoms in total. The van der Waals surface area contributed by atoms with Gasteiger partial charge in [0.15, 0.2) is 0 Å². The molecule has 1 saturated heterocycles. The SMILES string of the molecule is OCC1OC(CN(Cc2ccccn2)Cc2ccccn2)C(N2CCc3ccccc3C2)C1O. The first kappa shape index (κ1) is 23.1. The monoisotopic (exact) mass is 460 g/mol. The summed E-state index contributed by atoms with van der Waals surface area (Å²) in [4.78, 5) is 13.6. The zero-order chi connectivity index (χ0) is 23.3. The van der Waals surface area contributed by atoms with Crippen LogP contribution in [0.25, 0.3) is 0 Å². The van der Waals surface area contributed by atoms with Crippen molar-refractivity contribution in [3.63, 3.8) is 0 Å². The maximum Gasteiger partial charge on any atom is 0.109 e. The Labute approximate surface area is 200 Å². The lowest BCUT2D eigenvalue weighted by atomic mass is 9.95. The molecule has 2 aliphatic heterocycles. The van der Waals surface area contributed by atoms with Crippen LogP contribution in [0.15, 0.2) is 73.1 Å². The van der Waals surface area contributed by atoms with Gasteiger partial charge in [-0.3, -0.25) is 19.8 Å². The minimum absolute atomic E-state index is 0.194. The fourth-order valence-corrected chi connectivity index (χ4v) is 5.23. The molecule has 0 bridgehead atoms. The Kier molecular flexibility index (Phi) is 7.27. The summed E-state index contributed by atoms with van der Waals surface area (Å²) < 4.78 is 6.26. The van der Waals surface area contributed by atoms with Gasteiger partial charge in [0.25, 0.3) is 0 Å². The molecule has 0 amide bonds. The lowest BCUT2D eigenvalue weighted by Crippen LogP contribution is -2.52. The van der Waals surface area contributed by atoms with Crippen LogP contribution < -0.4 is 0 Å². The molecule has 0 saturated carbocycles. The fraction of sp³-hybridized carbons (Fsp3) is 0.407. The summed E-state index contributed by atoms with van der Waals surface area (Å²) >= 11 is 0. The molecule has 4 atom stereocenters. The van der Waals surface area contributed by atoms with E-state index in [1.54, 1.807) is 12.4 Å². The Morgan fingerprint density at radius 3 is 2.15 bits per heavy atom. The molecule has 3 aromatic rings. The molecular weight excluding hydrogens is 428 g/mol. The zero-order valence-electron chi connectivity index (χ0n) is 19.3. The summed E-state index contributed by atoms with van der Waals surface area (Å²) in [6.07, 6.45) is 2.98. The third-order valence-electron chi connectivity index (χ3n) is 6.88. The zero-order valence-corrected chi connectivity index (χ0v) is 19.3. The van der Waals surface area contributed by atoms with E-state index in [1.165, 1.54) is 11.1 Å². The van der Waals surface area contributed by atoms with E-state index < -0.39 is 12.2 Å². The maximum absolute atomic E-state index is 11.1. The van der Waals surface area contributed by atoms with Crippen LogP contribution in [0.5, 0.6) is 0 Å². The molecule has 4 unspecified atom stereocenters. The van der Waals surface area contributed by atoms with Gasteiger partial charge in [-0.25, -0.2) is 0 Å². The van der Waals surface area contributed by atoms with Crippen LogP contribution in [-0.2, 0) is 30.8 Å². The van der Waals surface area contributed by atoms with E-state index in [0.29, 0.717) is 19.6 Å². The van der Waals surface area contributed by atoms with Gasteiger partial charge in [-0.05, 0) is 41.8 Å². The summed E-state index contributed by atoms with van der Waals surface area (Å²) in [5.41, 5.74) is 4.61. The number of fused-ring (bicyclic) bond motifs is 1. The number of hydrogen-bond acceptors (Lipinski definition) is 7. The first-order valence-corrected chi connectivity index (χ1v) is 12.0. The minimum Gasteiger partial charge on any atom is -0.394 e. The summed E-state index contributed by atoms with van der Waals surface area (Å²) in [6.45, 7) is 3.33. The molecule has 2 aliphatic rings. The highest BCUT2D eigenvalue weighted by Gasteiger charge is 2.47. The van der Waals surface area contributed by atoms with Crippen LogP contribution >= 0.6 is 0 Å². The van der Waals surface area contributed by atoms with Crippen molar-refractivity contribution in [2.24, 2.45) is 0 Å². The molecule has 2 N–H and O–H groups in total. The molecule has 1 aromatic carbocycles. The average Bonchev–Trinajstić information content (AvgIpc) is 3.19. The average molecular weight is 461 g/mol. The summed E-state index contributed by atoms with van der Waals surface area (Å²) in [5, 5.41) is 21.0. The van der Waals surface area contributed by atoms with Gasteiger partial charge in [0, 0.05) is 45.1 Å². The van der Waals surface area contributed by atoms with Crippen LogP contribution in [0.3, 0.4) is 0 Å². The van der Waals surface area contributed by atoms with Crippen molar-refractivity contribution in [3.05, 3.63) is 95.6 Å². The number of aliphatic hydroxyl groups excluding tert-OH is 2. The number of nitrogens with zero attached hydrogens (tertiary/aromatic N) is 4. The van der Waals surface area contributed by atoms with Crippen molar-refractivity contribution in [1.29, 1.82) is 0 Å². The number of benzene rings is 1. The van der Waals surface area contributed by atoms with Gasteiger partial charge in [-0.1, -0.05) is 36.4 Å². The molecule has 2 aromatic heterocycles. The van der Waals surface area contributed by atoms with E-state index in [0.717, 1.165) is 30.9 Å². The molecule has 34 heavy (non-hydrogen) atoms. The number of aromatic nitrogens is 2. The molecule has 1 fully saturated rings. The Bertz CT molecular complexity index is 1010. The summed E-state index contributed by atoms with van der Waals surface area (Å²) in [5.74, 6) is 0. The normalized spacial score (nSPS) is 24.9. The van der Waals surface area contributed by atoms with E-state index in [1.807, 2.05) is 36.4 Å². The number of aliphatic hydroxyl groups is 2. The summed E-state index contributed by atoms with van der Waals surface area (Å²) in [7, 11) is 0. The van der Waals surface area contributed by atoms with E-state index in [9.17, 15) is 10.2 Å². The van der Waals surface area contributed by atoms with E-state index in [-0.39, 0.29) is 18.8 Å². The van der Waals surface area contributed by atoms with Gasteiger partial charge in [-0.2, -0.15) is 0 Å². The lowest BCUT2D eigenvalue weighted by molar-refractivity contribution is -0.0328. The van der Waals surface area contributed by atoms with Crippen molar-refractivity contribution in [2.45, 2.75) is 50.4 Å². The Balaban J connectivity index is 1.37. The largest absolute Gasteiger partial charge is 0.394 e. The summed E-state index contributed by atoms with van der Waals surface area (Å²) in [6, 6.07) is 20.2. The Morgan fingerprint density at radius 2 is 1.53 bits per heavy atom. The van der Waals surface area contributed by atoms with Gasteiger partial charge in [0.05, 0.1) is 30.1 Å². The first-order chi connectivity index (χ1) is 16.7. The van der Waals surface area contributed by atoms with Crippen molar-refractivity contribution in [3.8, 4) is 0 Å². The second-order valence-electron chi connectivity index (χ2n) is 9.18. The highest BCUT2D eigenvalue weighted by Crippen LogP contribution is 2.31. The van der Waals surface area contributed by atoms with Crippen molar-refractivity contribution < 1.29 is 14.9 Å². The molecule has 7 heteroatoms. The molecule has 5 rings (SSSR count). The number of ether oxygens (including phenoxy) is 1. The highest BCUT2D eigenvalue weighted by molar-refractivity contribution is 5.29. The third kappa shape index (κ3) is 5.19. The molecule has 178 valence electrons. The number of hydrogen-bond donors (Lipinski definition) is 2. The predicted molar refractivity (Wildman–Crippen MR) is 129 cm³/mol. The molecule has 0 radical (unpaired) electrons. The Morgan fingerprint density at radius 1 is 0.882 bits per heavy atom. The Hall–Kier alpha value is -2.68. The number of rotatable bonds is 8. The van der Waals surface area contributed by atoms with Crippen molar-refractivity contribution in [2.75, 3.05) is 19.7 Å². The van der Waals surface area contributed by atoms with Gasteiger partial charge in [0.1, 0.15) is 12.2 Å². The smallest absolute Gasteiger partial charge is 0.109 e. The molecule has 4 heterocycles. The van der Waals surface area contributed by atoms with Crippen LogP contribution in [0.4, 0.5) is 0 Å². The van der Waals surface area contributed by atoms with E-state index >= 15 is 0 Å². The maximum atomic E-state index is 11.1. The van der Waals surface area contributed by atoms with Crippen molar-refractivity contribution >= 4 is 0 Å². The predicted octanol–water partition coefficient (Wildman–Crippen LogP) is 2.03. The fourth-order valence-electron chi connectivity index (χ4n) is 5.23. The second kappa shape index (κ2) is 10.7. The standard InChI is InChI=1S/C27H32N4O3/c32-19-25-27(33)26(31-14-11-20-7-1-2-8-21(20)15-31)24(34-25)18-30(16-22-9-3-5-12-28-22)17-23-10-4-6-13-29-23/h1-10,12-13,24-27,32-33H,11,14-19H2. The third-order valence-corrected chi connectivity index (χ3v) is 6.88. The number of pyridine rings is 2. The lowest BCUT2D eigenvalue weighted by Gasteiger charge is -2.38. The second-order valence-corrected chi connectivity index (χ2v) is 9.18. The van der Waals surface area contributed by atoms with Gasteiger partial charge in [0.2, 0.25) is 0 Å². The molecule has 0 spiro atoms. The van der Waals surface area contributed by atoms with Crippen LogP contribution in [0.2, 0.25) is 0 Å². The first-order valence-electron chi connectivity index (χ1n) is 12.0. The van der Waals surface area contributed by atoms with E-state index in [4.69, 9.17) is 4.74 Å². The van der Waals surface area contributed by atoms with Crippen LogP contribution in [-0.4, -0.2) is 74.0 Å². The molecular formula is C27H32N4O3. The van der Waals surface area contributed by atoms with Crippen LogP contribution in [0.1, 0.15) is 22.5 Å². The molecule has 0 aliphatic carbocycles. The topological polar surface area (TPSA) is 82.0 Å². The highest BCUT2D eigenvalue weighted by atomic mass is 16.5. The van der Waals surface area contributed by atoms with Gasteiger partial charge in [-0.15, -0.1) is 0 Å². The van der Waals surface area contributed by atoms with Gasteiger partial charge < -0.3 is 14.9 Å². The van der Waals surface area contributed by atoms with E-state index in [2.05, 4.69) is 44.0 Å². The van der Waals surface area contributed by atoms with Gasteiger partial charge >= 0.3 is 0 Å². The minimum atomic E-state index is -0.744. The van der Waals surface area contributed by atoms with Crippen LogP contribution in [0, 0.1) is 0 Å².